The van der Waals surface area contributed by atoms with E-state index in [1.165, 1.54) is 10.9 Å². The van der Waals surface area contributed by atoms with Gasteiger partial charge in [-0.25, -0.2) is 0 Å². The maximum atomic E-state index is 12.0. The van der Waals surface area contributed by atoms with Crippen molar-refractivity contribution in [1.29, 1.82) is 0 Å². The van der Waals surface area contributed by atoms with E-state index in [-0.39, 0.29) is 0 Å². The molecule has 0 aliphatic carbocycles. The number of carbonyl (C=O) groups is 2. The molecule has 26 heavy (non-hydrogen) atoms. The number of fused-ring (bicyclic) bond motifs is 1. The summed E-state index contributed by atoms with van der Waals surface area (Å²) in [6.45, 7) is 4.38. The van der Waals surface area contributed by atoms with Crippen molar-refractivity contribution >= 4 is 28.4 Å². The van der Waals surface area contributed by atoms with E-state index in [4.69, 9.17) is 0 Å². The summed E-state index contributed by atoms with van der Waals surface area (Å²) in [5.74, 6) is -1.27. The zero-order valence-electron chi connectivity index (χ0n) is 15.3. The molecular formula is C21H23N3O2. The second kappa shape index (κ2) is 7.44. The summed E-state index contributed by atoms with van der Waals surface area (Å²) in [6, 6.07) is 13.9. The molecular weight excluding hydrogens is 326 g/mol. The number of amides is 2. The Hall–Kier alpha value is -3.08. The molecule has 0 aliphatic heterocycles. The number of benzene rings is 2. The second-order valence-corrected chi connectivity index (χ2v) is 6.58. The topological polar surface area (TPSA) is 63.1 Å². The van der Waals surface area contributed by atoms with Gasteiger partial charge in [-0.15, -0.1) is 0 Å². The van der Waals surface area contributed by atoms with Gasteiger partial charge in [0.1, 0.15) is 0 Å². The van der Waals surface area contributed by atoms with Gasteiger partial charge in [-0.3, -0.25) is 9.59 Å². The number of rotatable bonds is 4. The van der Waals surface area contributed by atoms with Crippen LogP contribution in [0.15, 0.2) is 48.7 Å². The van der Waals surface area contributed by atoms with Gasteiger partial charge < -0.3 is 15.2 Å². The first-order valence-corrected chi connectivity index (χ1v) is 8.64. The molecule has 1 aromatic heterocycles. The van der Waals surface area contributed by atoms with Crippen LogP contribution in [0.4, 0.5) is 5.69 Å². The third-order valence-corrected chi connectivity index (χ3v) is 4.62. The first-order chi connectivity index (χ1) is 12.4. The van der Waals surface area contributed by atoms with Crippen LogP contribution in [-0.4, -0.2) is 22.9 Å². The molecule has 2 N–H and O–H groups in total. The van der Waals surface area contributed by atoms with Crippen LogP contribution in [-0.2, 0) is 23.1 Å². The van der Waals surface area contributed by atoms with Gasteiger partial charge in [-0.1, -0.05) is 12.1 Å². The molecule has 0 atom stereocenters. The van der Waals surface area contributed by atoms with Crippen molar-refractivity contribution in [3.05, 3.63) is 65.4 Å². The highest BCUT2D eigenvalue weighted by atomic mass is 16.2. The minimum Gasteiger partial charge on any atom is -0.351 e. The minimum absolute atomic E-state index is 0.414. The number of carbonyl (C=O) groups excluding carboxylic acids is 2. The van der Waals surface area contributed by atoms with Gasteiger partial charge in [0, 0.05) is 31.0 Å². The van der Waals surface area contributed by atoms with Crippen molar-refractivity contribution in [2.45, 2.75) is 20.3 Å². The average molecular weight is 349 g/mol. The molecule has 0 bridgehead atoms. The monoisotopic (exact) mass is 349 g/mol. The van der Waals surface area contributed by atoms with Crippen molar-refractivity contribution in [3.8, 4) is 0 Å². The molecule has 3 rings (SSSR count). The summed E-state index contributed by atoms with van der Waals surface area (Å²) in [5.41, 5.74) is 5.13. The van der Waals surface area contributed by atoms with Gasteiger partial charge in [0.05, 0.1) is 0 Å². The van der Waals surface area contributed by atoms with E-state index in [2.05, 4.69) is 33.4 Å². The van der Waals surface area contributed by atoms with Gasteiger partial charge in [0.25, 0.3) is 0 Å². The lowest BCUT2D eigenvalue weighted by atomic mass is 10.1. The Morgan fingerprint density at radius 1 is 0.962 bits per heavy atom. The quantitative estimate of drug-likeness (QED) is 0.711. The van der Waals surface area contributed by atoms with Gasteiger partial charge in [-0.2, -0.15) is 0 Å². The summed E-state index contributed by atoms with van der Waals surface area (Å²) in [7, 11) is 2.01. The molecule has 0 radical (unpaired) electrons. The lowest BCUT2D eigenvalue weighted by molar-refractivity contribution is -0.136. The molecule has 0 aliphatic rings. The molecule has 3 aromatic rings. The molecule has 1 heterocycles. The molecule has 2 aromatic carbocycles. The van der Waals surface area contributed by atoms with Crippen molar-refractivity contribution < 1.29 is 9.59 Å². The highest BCUT2D eigenvalue weighted by Crippen LogP contribution is 2.17. The number of aryl methyl sites for hydroxylation is 3. The Labute approximate surface area is 153 Å². The molecule has 0 saturated carbocycles. The highest BCUT2D eigenvalue weighted by Gasteiger charge is 2.13. The third-order valence-electron chi connectivity index (χ3n) is 4.62. The van der Waals surface area contributed by atoms with E-state index in [1.54, 1.807) is 6.07 Å². The first-order valence-electron chi connectivity index (χ1n) is 8.64. The molecule has 0 unspecified atom stereocenters. The van der Waals surface area contributed by atoms with E-state index >= 15 is 0 Å². The van der Waals surface area contributed by atoms with Crippen molar-refractivity contribution in [1.82, 2.24) is 9.88 Å². The maximum absolute atomic E-state index is 12.0. The number of anilines is 1. The van der Waals surface area contributed by atoms with Crippen LogP contribution in [0.2, 0.25) is 0 Å². The number of nitrogens with zero attached hydrogens (tertiary/aromatic N) is 1. The van der Waals surface area contributed by atoms with Crippen molar-refractivity contribution in [2.24, 2.45) is 7.05 Å². The van der Waals surface area contributed by atoms with Crippen LogP contribution in [0.25, 0.3) is 10.9 Å². The Balaban J connectivity index is 1.52. The van der Waals surface area contributed by atoms with E-state index in [1.807, 2.05) is 45.3 Å². The van der Waals surface area contributed by atoms with Gasteiger partial charge in [-0.05, 0) is 72.7 Å². The smallest absolute Gasteiger partial charge is 0.313 e. The maximum Gasteiger partial charge on any atom is 0.313 e. The number of aromatic nitrogens is 1. The SMILES string of the molecule is Cc1ccc(NC(=O)C(=O)NCCc2ccc3c(ccn3C)c2)cc1C. The van der Waals surface area contributed by atoms with E-state index in [0.717, 1.165) is 16.7 Å². The summed E-state index contributed by atoms with van der Waals surface area (Å²) >= 11 is 0. The van der Waals surface area contributed by atoms with Crippen LogP contribution >= 0.6 is 0 Å². The predicted molar refractivity (Wildman–Crippen MR) is 104 cm³/mol. The van der Waals surface area contributed by atoms with Crippen LogP contribution in [0, 0.1) is 13.8 Å². The van der Waals surface area contributed by atoms with Crippen LogP contribution in [0.3, 0.4) is 0 Å². The number of hydrogen-bond acceptors (Lipinski definition) is 2. The molecule has 5 heteroatoms. The molecule has 5 nitrogen and oxygen atoms in total. The number of nitrogens with one attached hydrogen (secondary N) is 2. The normalized spacial score (nSPS) is 10.7. The zero-order chi connectivity index (χ0) is 18.7. The lowest BCUT2D eigenvalue weighted by Gasteiger charge is -2.08. The average Bonchev–Trinajstić information content (AvgIpc) is 2.98. The zero-order valence-corrected chi connectivity index (χ0v) is 15.3. The lowest BCUT2D eigenvalue weighted by Crippen LogP contribution is -2.36. The summed E-state index contributed by atoms with van der Waals surface area (Å²) in [4.78, 5) is 24.0. The molecule has 134 valence electrons. The van der Waals surface area contributed by atoms with E-state index in [9.17, 15) is 9.59 Å². The fraction of sp³-hybridized carbons (Fsp3) is 0.238. The highest BCUT2D eigenvalue weighted by molar-refractivity contribution is 6.39. The summed E-state index contributed by atoms with van der Waals surface area (Å²) in [6.07, 6.45) is 2.70. The van der Waals surface area contributed by atoms with Gasteiger partial charge >= 0.3 is 11.8 Å². The van der Waals surface area contributed by atoms with Crippen LogP contribution in [0.5, 0.6) is 0 Å². The van der Waals surface area contributed by atoms with E-state index in [0.29, 0.717) is 18.7 Å². The molecule has 0 fully saturated rings. The largest absolute Gasteiger partial charge is 0.351 e. The second-order valence-electron chi connectivity index (χ2n) is 6.58. The Bertz CT molecular complexity index is 973. The van der Waals surface area contributed by atoms with Gasteiger partial charge in [0.15, 0.2) is 0 Å². The Morgan fingerprint density at radius 2 is 1.77 bits per heavy atom. The minimum atomic E-state index is -0.647. The van der Waals surface area contributed by atoms with Gasteiger partial charge in [0.2, 0.25) is 0 Å². The molecule has 0 spiro atoms. The van der Waals surface area contributed by atoms with E-state index < -0.39 is 11.8 Å². The molecule has 0 saturated heterocycles. The fourth-order valence-electron chi connectivity index (χ4n) is 2.89. The van der Waals surface area contributed by atoms with Crippen molar-refractivity contribution in [3.63, 3.8) is 0 Å². The Kier molecular flexibility index (Phi) is 5.07. The molecule has 2 amide bonds. The third kappa shape index (κ3) is 3.94. The summed E-state index contributed by atoms with van der Waals surface area (Å²) in [5, 5.41) is 6.48. The van der Waals surface area contributed by atoms with Crippen LogP contribution < -0.4 is 10.6 Å². The predicted octanol–water partition coefficient (Wildman–Crippen LogP) is 3.09. The Morgan fingerprint density at radius 3 is 2.54 bits per heavy atom. The number of hydrogen-bond donors (Lipinski definition) is 2. The van der Waals surface area contributed by atoms with Crippen LogP contribution in [0.1, 0.15) is 16.7 Å². The fourth-order valence-corrected chi connectivity index (χ4v) is 2.89. The summed E-state index contributed by atoms with van der Waals surface area (Å²) < 4.78 is 2.07. The van der Waals surface area contributed by atoms with Crippen molar-refractivity contribution in [2.75, 3.05) is 11.9 Å². The first kappa shape index (κ1) is 17.7. The standard InChI is InChI=1S/C21H23N3O2/c1-14-4-6-18(12-15(14)2)23-21(26)20(25)22-10-8-16-5-7-19-17(13-16)9-11-24(19)3/h4-7,9,11-13H,8,10H2,1-3H3,(H,22,25)(H,23,26).